The second kappa shape index (κ2) is 11.5. The Morgan fingerprint density at radius 3 is 2.24 bits per heavy atom. The fourth-order valence-electron chi connectivity index (χ4n) is 2.46. The monoisotopic (exact) mass is 359 g/mol. The summed E-state index contributed by atoms with van der Waals surface area (Å²) in [6.45, 7) is 0.973. The smallest absolute Gasteiger partial charge is 0.331 e. The first-order valence-electron chi connectivity index (χ1n) is 8.28. The number of rotatable bonds is 8. The van der Waals surface area contributed by atoms with E-state index >= 15 is 0 Å². The van der Waals surface area contributed by atoms with Crippen LogP contribution in [0, 0.1) is 0 Å². The van der Waals surface area contributed by atoms with Crippen LogP contribution in [0.15, 0.2) is 66.7 Å². The molecule has 2 aromatic rings. The molecule has 0 aliphatic heterocycles. The second-order valence-corrected chi connectivity index (χ2v) is 6.03. The third kappa shape index (κ3) is 8.01. The summed E-state index contributed by atoms with van der Waals surface area (Å²) >= 11 is 0. The number of carbonyl (C=O) groups excluding carboxylic acids is 1. The van der Waals surface area contributed by atoms with Crippen LogP contribution in [0.5, 0.6) is 0 Å². The normalized spacial score (nSPS) is 12.0. The van der Waals surface area contributed by atoms with Crippen molar-refractivity contribution in [2.75, 3.05) is 20.6 Å². The van der Waals surface area contributed by atoms with Gasteiger partial charge in [-0.1, -0.05) is 60.7 Å². The van der Waals surface area contributed by atoms with Crippen molar-refractivity contribution in [2.24, 2.45) is 0 Å². The number of esters is 1. The van der Waals surface area contributed by atoms with Gasteiger partial charge in [0, 0.05) is 6.08 Å². The summed E-state index contributed by atoms with van der Waals surface area (Å²) in [5.74, 6) is -0.308. The van der Waals surface area contributed by atoms with Crippen LogP contribution in [0.2, 0.25) is 0 Å². The van der Waals surface area contributed by atoms with Crippen molar-refractivity contribution in [1.82, 2.24) is 4.90 Å². The molecule has 2 aromatic carbocycles. The van der Waals surface area contributed by atoms with E-state index in [9.17, 15) is 4.79 Å². The SMILES string of the molecule is CN(C)CCCC(OC(=O)/C=C/c1ccccc1)c1ccccc1.Cl. The van der Waals surface area contributed by atoms with Crippen LogP contribution >= 0.6 is 12.4 Å². The maximum absolute atomic E-state index is 12.2. The molecule has 0 aliphatic rings. The van der Waals surface area contributed by atoms with E-state index in [0.29, 0.717) is 0 Å². The predicted octanol–water partition coefficient (Wildman–Crippen LogP) is 4.75. The van der Waals surface area contributed by atoms with Gasteiger partial charge in [0.15, 0.2) is 0 Å². The van der Waals surface area contributed by atoms with Gasteiger partial charge in [-0.2, -0.15) is 0 Å². The van der Waals surface area contributed by atoms with E-state index in [4.69, 9.17) is 4.74 Å². The molecule has 4 heteroatoms. The summed E-state index contributed by atoms with van der Waals surface area (Å²) < 4.78 is 5.70. The molecule has 0 fully saturated rings. The second-order valence-electron chi connectivity index (χ2n) is 6.03. The van der Waals surface area contributed by atoms with Gasteiger partial charge < -0.3 is 9.64 Å². The van der Waals surface area contributed by atoms with E-state index in [1.807, 2.05) is 74.8 Å². The average Bonchev–Trinajstić information content (AvgIpc) is 2.60. The molecule has 0 saturated carbocycles. The molecule has 1 atom stereocenters. The van der Waals surface area contributed by atoms with Crippen LogP contribution in [0.25, 0.3) is 6.08 Å². The Morgan fingerprint density at radius 1 is 1.04 bits per heavy atom. The number of benzene rings is 2. The van der Waals surface area contributed by atoms with Gasteiger partial charge >= 0.3 is 5.97 Å². The van der Waals surface area contributed by atoms with Crippen LogP contribution in [0.4, 0.5) is 0 Å². The lowest BCUT2D eigenvalue weighted by Gasteiger charge is -2.18. The first kappa shape index (κ1) is 20.9. The summed E-state index contributed by atoms with van der Waals surface area (Å²) in [5.41, 5.74) is 2.02. The van der Waals surface area contributed by atoms with E-state index in [-0.39, 0.29) is 24.5 Å². The maximum Gasteiger partial charge on any atom is 0.331 e. The quantitative estimate of drug-likeness (QED) is 0.503. The summed E-state index contributed by atoms with van der Waals surface area (Å²) in [7, 11) is 4.10. The first-order valence-corrected chi connectivity index (χ1v) is 8.28. The Morgan fingerprint density at radius 2 is 1.64 bits per heavy atom. The minimum atomic E-state index is -0.308. The van der Waals surface area contributed by atoms with Gasteiger partial charge in [0.2, 0.25) is 0 Å². The van der Waals surface area contributed by atoms with Crippen molar-refractivity contribution in [2.45, 2.75) is 18.9 Å². The Kier molecular flexibility index (Phi) is 9.60. The predicted molar refractivity (Wildman–Crippen MR) is 106 cm³/mol. The number of hydrogen-bond acceptors (Lipinski definition) is 3. The third-order valence-corrected chi connectivity index (χ3v) is 3.71. The molecule has 0 saturated heterocycles. The first-order chi connectivity index (χ1) is 11.6. The fourth-order valence-corrected chi connectivity index (χ4v) is 2.46. The number of halogens is 1. The van der Waals surface area contributed by atoms with E-state index in [2.05, 4.69) is 4.90 Å². The molecule has 0 aliphatic carbocycles. The minimum Gasteiger partial charge on any atom is -0.454 e. The average molecular weight is 360 g/mol. The van der Waals surface area contributed by atoms with Gasteiger partial charge in [-0.3, -0.25) is 0 Å². The van der Waals surface area contributed by atoms with E-state index in [0.717, 1.165) is 30.5 Å². The lowest BCUT2D eigenvalue weighted by atomic mass is 10.0. The zero-order valence-corrected chi connectivity index (χ0v) is 15.6. The molecule has 0 heterocycles. The molecule has 0 aromatic heterocycles. The highest BCUT2D eigenvalue weighted by molar-refractivity contribution is 5.87. The van der Waals surface area contributed by atoms with Crippen LogP contribution in [-0.2, 0) is 9.53 Å². The summed E-state index contributed by atoms with van der Waals surface area (Å²) in [6.07, 6.45) is 4.86. The van der Waals surface area contributed by atoms with Crippen molar-refractivity contribution >= 4 is 24.5 Å². The lowest BCUT2D eigenvalue weighted by Crippen LogP contribution is -2.16. The fraction of sp³-hybridized carbons (Fsp3) is 0.286. The van der Waals surface area contributed by atoms with Crippen molar-refractivity contribution < 1.29 is 9.53 Å². The topological polar surface area (TPSA) is 29.5 Å². The van der Waals surface area contributed by atoms with E-state index < -0.39 is 0 Å². The summed E-state index contributed by atoms with van der Waals surface area (Å²) in [5, 5.41) is 0. The zero-order valence-electron chi connectivity index (χ0n) is 14.8. The Hall–Kier alpha value is -2.10. The van der Waals surface area contributed by atoms with Gasteiger partial charge in [-0.15, -0.1) is 12.4 Å². The van der Waals surface area contributed by atoms with Crippen LogP contribution in [0.1, 0.15) is 30.1 Å². The molecule has 134 valence electrons. The zero-order chi connectivity index (χ0) is 17.2. The highest BCUT2D eigenvalue weighted by Gasteiger charge is 2.15. The molecule has 1 unspecified atom stereocenters. The molecule has 2 rings (SSSR count). The van der Waals surface area contributed by atoms with Crippen LogP contribution < -0.4 is 0 Å². The summed E-state index contributed by atoms with van der Waals surface area (Å²) in [4.78, 5) is 14.3. The molecule has 0 bridgehead atoms. The maximum atomic E-state index is 12.2. The van der Waals surface area contributed by atoms with Crippen LogP contribution in [-0.4, -0.2) is 31.5 Å². The number of ether oxygens (including phenoxy) is 1. The highest BCUT2D eigenvalue weighted by Crippen LogP contribution is 2.23. The van der Waals surface area contributed by atoms with Crippen molar-refractivity contribution in [3.8, 4) is 0 Å². The van der Waals surface area contributed by atoms with Crippen LogP contribution in [0.3, 0.4) is 0 Å². The largest absolute Gasteiger partial charge is 0.454 e. The lowest BCUT2D eigenvalue weighted by molar-refractivity contribution is -0.143. The van der Waals surface area contributed by atoms with Crippen molar-refractivity contribution in [3.63, 3.8) is 0 Å². The molecular weight excluding hydrogens is 334 g/mol. The molecule has 0 radical (unpaired) electrons. The molecule has 0 amide bonds. The van der Waals surface area contributed by atoms with Gasteiger partial charge in [-0.05, 0) is 50.7 Å². The number of hydrogen-bond donors (Lipinski definition) is 0. The number of nitrogens with zero attached hydrogens (tertiary/aromatic N) is 1. The molecule has 3 nitrogen and oxygen atoms in total. The van der Waals surface area contributed by atoms with Gasteiger partial charge in [0.05, 0.1) is 0 Å². The third-order valence-electron chi connectivity index (χ3n) is 3.71. The Bertz CT molecular complexity index is 641. The highest BCUT2D eigenvalue weighted by atomic mass is 35.5. The van der Waals surface area contributed by atoms with E-state index in [1.54, 1.807) is 6.08 Å². The van der Waals surface area contributed by atoms with E-state index in [1.165, 1.54) is 6.08 Å². The van der Waals surface area contributed by atoms with Gasteiger partial charge in [-0.25, -0.2) is 4.79 Å². The number of carbonyl (C=O) groups is 1. The molecule has 25 heavy (non-hydrogen) atoms. The molecular formula is C21H26ClNO2. The summed E-state index contributed by atoms with van der Waals surface area (Å²) in [6, 6.07) is 19.7. The Labute approximate surface area is 156 Å². The van der Waals surface area contributed by atoms with Gasteiger partial charge in [0.1, 0.15) is 6.10 Å². The Balaban J connectivity index is 0.00000312. The van der Waals surface area contributed by atoms with Crippen molar-refractivity contribution in [1.29, 1.82) is 0 Å². The standard InChI is InChI=1S/C21H25NO2.ClH/c1-22(2)17-9-14-20(19-12-7-4-8-13-19)24-21(23)16-15-18-10-5-3-6-11-18;/h3-8,10-13,15-16,20H,9,14,17H2,1-2H3;1H/b16-15+;. The van der Waals surface area contributed by atoms with Gasteiger partial charge in [0.25, 0.3) is 0 Å². The molecule has 0 N–H and O–H groups in total. The molecule has 0 spiro atoms. The van der Waals surface area contributed by atoms with Crippen molar-refractivity contribution in [3.05, 3.63) is 77.9 Å². The minimum absolute atomic E-state index is 0.